The Labute approximate surface area is 137 Å². The molecule has 0 saturated carbocycles. The van der Waals surface area contributed by atoms with Crippen molar-refractivity contribution >= 4 is 0 Å². The van der Waals surface area contributed by atoms with Crippen molar-refractivity contribution in [1.82, 2.24) is 0 Å². The number of phenolic OH excluding ortho intramolecular Hbond substituents is 2. The molecule has 0 spiro atoms. The van der Waals surface area contributed by atoms with Gasteiger partial charge in [0.2, 0.25) is 12.5 Å². The molecule has 2 aliphatic rings. The average molecular weight is 332 g/mol. The summed E-state index contributed by atoms with van der Waals surface area (Å²) in [7, 11) is 1.42. The van der Waals surface area contributed by atoms with E-state index < -0.39 is 12.0 Å². The minimum atomic E-state index is -0.936. The number of aliphatic hydroxyl groups excluding tert-OH is 1. The summed E-state index contributed by atoms with van der Waals surface area (Å²) < 4.78 is 21.4. The average Bonchev–Trinajstić information content (AvgIpc) is 3.02. The molecule has 24 heavy (non-hydrogen) atoms. The van der Waals surface area contributed by atoms with Gasteiger partial charge in [-0.25, -0.2) is 0 Å². The standard InChI is InChI=1S/C17H16O7/c1-21-17-11(18)3-2-8-15(20)10(6-22-16(8)17)9-4-13-14(5-12(9)19)24-7-23-13/h2-5,10,15,18-20H,6-7H2,1H3/t10-,15+/m1/s1. The molecule has 0 radical (unpaired) electrons. The summed E-state index contributed by atoms with van der Waals surface area (Å²) in [5.41, 5.74) is 0.988. The van der Waals surface area contributed by atoms with Crippen molar-refractivity contribution in [3.63, 3.8) is 0 Å². The van der Waals surface area contributed by atoms with Crippen LogP contribution in [-0.2, 0) is 0 Å². The molecule has 0 unspecified atom stereocenters. The Morgan fingerprint density at radius 1 is 1.00 bits per heavy atom. The van der Waals surface area contributed by atoms with Crippen LogP contribution >= 0.6 is 0 Å². The van der Waals surface area contributed by atoms with Crippen LogP contribution in [0.2, 0.25) is 0 Å². The second kappa shape index (κ2) is 5.38. The van der Waals surface area contributed by atoms with E-state index in [4.69, 9.17) is 18.9 Å². The quantitative estimate of drug-likeness (QED) is 0.774. The van der Waals surface area contributed by atoms with Gasteiger partial charge in [0.05, 0.1) is 25.7 Å². The zero-order chi connectivity index (χ0) is 16.8. The van der Waals surface area contributed by atoms with Crippen molar-refractivity contribution in [2.24, 2.45) is 0 Å². The van der Waals surface area contributed by atoms with Crippen LogP contribution in [0.1, 0.15) is 23.1 Å². The van der Waals surface area contributed by atoms with Gasteiger partial charge in [-0.3, -0.25) is 0 Å². The first-order chi connectivity index (χ1) is 11.6. The third-order valence-corrected chi connectivity index (χ3v) is 4.35. The van der Waals surface area contributed by atoms with Crippen LogP contribution in [0.25, 0.3) is 0 Å². The molecule has 0 amide bonds. The molecule has 7 nitrogen and oxygen atoms in total. The number of fused-ring (bicyclic) bond motifs is 2. The fourth-order valence-corrected chi connectivity index (χ4v) is 3.13. The van der Waals surface area contributed by atoms with Gasteiger partial charge in [-0.05, 0) is 18.2 Å². The first-order valence-electron chi connectivity index (χ1n) is 7.43. The Bertz CT molecular complexity index is 802. The summed E-state index contributed by atoms with van der Waals surface area (Å²) >= 11 is 0. The van der Waals surface area contributed by atoms with Crippen LogP contribution in [-0.4, -0.2) is 35.8 Å². The molecule has 7 heteroatoms. The van der Waals surface area contributed by atoms with Gasteiger partial charge in [0.15, 0.2) is 23.0 Å². The van der Waals surface area contributed by atoms with E-state index in [1.165, 1.54) is 19.2 Å². The molecule has 2 aromatic rings. The highest BCUT2D eigenvalue weighted by molar-refractivity contribution is 5.59. The van der Waals surface area contributed by atoms with E-state index in [2.05, 4.69) is 0 Å². The second-order valence-corrected chi connectivity index (χ2v) is 5.66. The molecule has 3 N–H and O–H groups in total. The maximum absolute atomic E-state index is 10.8. The summed E-state index contributed by atoms with van der Waals surface area (Å²) in [4.78, 5) is 0. The van der Waals surface area contributed by atoms with Gasteiger partial charge < -0.3 is 34.3 Å². The zero-order valence-electron chi connectivity index (χ0n) is 12.9. The number of aromatic hydroxyl groups is 2. The fourth-order valence-electron chi connectivity index (χ4n) is 3.13. The van der Waals surface area contributed by atoms with Crippen LogP contribution in [0.5, 0.6) is 34.5 Å². The number of rotatable bonds is 2. The van der Waals surface area contributed by atoms with Crippen LogP contribution in [0.15, 0.2) is 24.3 Å². The van der Waals surface area contributed by atoms with Gasteiger partial charge in [-0.2, -0.15) is 0 Å². The van der Waals surface area contributed by atoms with Crippen LogP contribution in [0.4, 0.5) is 0 Å². The summed E-state index contributed by atoms with van der Waals surface area (Å²) in [5.74, 6) is 0.912. The van der Waals surface area contributed by atoms with E-state index in [0.29, 0.717) is 28.4 Å². The third kappa shape index (κ3) is 2.09. The third-order valence-electron chi connectivity index (χ3n) is 4.35. The molecule has 2 aromatic carbocycles. The first kappa shape index (κ1) is 14.8. The van der Waals surface area contributed by atoms with E-state index in [1.807, 2.05) is 0 Å². The molecule has 2 heterocycles. The Morgan fingerprint density at radius 2 is 1.75 bits per heavy atom. The minimum Gasteiger partial charge on any atom is -0.508 e. The van der Waals surface area contributed by atoms with Gasteiger partial charge in [-0.15, -0.1) is 0 Å². The predicted molar refractivity (Wildman–Crippen MR) is 82.1 cm³/mol. The van der Waals surface area contributed by atoms with Crippen molar-refractivity contribution in [2.45, 2.75) is 12.0 Å². The smallest absolute Gasteiger partial charge is 0.231 e. The summed E-state index contributed by atoms with van der Waals surface area (Å²) in [6.45, 7) is 0.211. The number of aliphatic hydroxyl groups is 1. The lowest BCUT2D eigenvalue weighted by molar-refractivity contribution is 0.0851. The van der Waals surface area contributed by atoms with Crippen molar-refractivity contribution in [3.05, 3.63) is 35.4 Å². The van der Waals surface area contributed by atoms with Gasteiger partial charge >= 0.3 is 0 Å². The lowest BCUT2D eigenvalue weighted by atomic mass is 9.86. The predicted octanol–water partition coefficient (Wildman–Crippen LogP) is 2.04. The fraction of sp³-hybridized carbons (Fsp3) is 0.294. The topological polar surface area (TPSA) is 97.6 Å². The van der Waals surface area contributed by atoms with Crippen molar-refractivity contribution in [3.8, 4) is 34.5 Å². The summed E-state index contributed by atoms with van der Waals surface area (Å²) in [5, 5.41) is 30.9. The van der Waals surface area contributed by atoms with Crippen molar-refractivity contribution < 1.29 is 34.3 Å². The Kier molecular flexibility index (Phi) is 3.31. The van der Waals surface area contributed by atoms with Gasteiger partial charge in [0, 0.05) is 17.2 Å². The van der Waals surface area contributed by atoms with Crippen LogP contribution in [0, 0.1) is 0 Å². The number of hydrogen-bond acceptors (Lipinski definition) is 7. The number of ether oxygens (including phenoxy) is 4. The van der Waals surface area contributed by atoms with Gasteiger partial charge in [0.25, 0.3) is 0 Å². The zero-order valence-corrected chi connectivity index (χ0v) is 12.9. The van der Waals surface area contributed by atoms with E-state index >= 15 is 0 Å². The van der Waals surface area contributed by atoms with Gasteiger partial charge in [0.1, 0.15) is 5.75 Å². The molecular formula is C17H16O7. The number of phenols is 2. The molecular weight excluding hydrogens is 316 g/mol. The molecule has 0 bridgehead atoms. The molecule has 4 rings (SSSR count). The molecule has 2 aliphatic heterocycles. The molecule has 2 atom stereocenters. The van der Waals surface area contributed by atoms with Crippen molar-refractivity contribution in [1.29, 1.82) is 0 Å². The lowest BCUT2D eigenvalue weighted by Gasteiger charge is -2.32. The van der Waals surface area contributed by atoms with Crippen LogP contribution in [0.3, 0.4) is 0 Å². The maximum atomic E-state index is 10.8. The molecule has 126 valence electrons. The molecule has 0 saturated heterocycles. The Morgan fingerprint density at radius 3 is 2.50 bits per heavy atom. The second-order valence-electron chi connectivity index (χ2n) is 5.66. The monoisotopic (exact) mass is 332 g/mol. The van der Waals surface area contributed by atoms with E-state index in [1.54, 1.807) is 12.1 Å². The normalized spacial score (nSPS) is 21.1. The largest absolute Gasteiger partial charge is 0.508 e. The number of methoxy groups -OCH3 is 1. The van der Waals surface area contributed by atoms with Gasteiger partial charge in [-0.1, -0.05) is 0 Å². The highest BCUT2D eigenvalue weighted by atomic mass is 16.7. The van der Waals surface area contributed by atoms with E-state index in [9.17, 15) is 15.3 Å². The van der Waals surface area contributed by atoms with Crippen LogP contribution < -0.4 is 18.9 Å². The number of hydrogen-bond donors (Lipinski definition) is 3. The Balaban J connectivity index is 1.75. The summed E-state index contributed by atoms with van der Waals surface area (Å²) in [6.07, 6.45) is -0.936. The highest BCUT2D eigenvalue weighted by Crippen LogP contribution is 2.50. The molecule has 0 aliphatic carbocycles. The Hall–Kier alpha value is -2.80. The molecule has 0 fully saturated rings. The SMILES string of the molecule is COc1c(O)ccc2c1OC[C@H](c1cc3c(cc1O)OCO3)[C@H]2O. The van der Waals surface area contributed by atoms with E-state index in [0.717, 1.165) is 0 Å². The van der Waals surface area contributed by atoms with E-state index in [-0.39, 0.29) is 30.6 Å². The minimum absolute atomic E-state index is 0.00101. The maximum Gasteiger partial charge on any atom is 0.231 e. The number of benzene rings is 2. The summed E-state index contributed by atoms with van der Waals surface area (Å²) in [6, 6.07) is 6.13. The lowest BCUT2D eigenvalue weighted by Crippen LogP contribution is -2.24. The van der Waals surface area contributed by atoms with Crippen molar-refractivity contribution in [2.75, 3.05) is 20.5 Å². The molecule has 0 aromatic heterocycles. The first-order valence-corrected chi connectivity index (χ1v) is 7.43. The highest BCUT2D eigenvalue weighted by Gasteiger charge is 2.36.